The van der Waals surface area contributed by atoms with Gasteiger partial charge in [0.2, 0.25) is 5.91 Å². The first kappa shape index (κ1) is 22.5. The second-order valence-corrected chi connectivity index (χ2v) is 8.04. The second kappa shape index (κ2) is 8.87. The van der Waals surface area contributed by atoms with Crippen LogP contribution in [0.25, 0.3) is 10.9 Å². The van der Waals surface area contributed by atoms with Crippen LogP contribution in [-0.2, 0) is 16.6 Å². The first-order valence-corrected chi connectivity index (χ1v) is 10.3. The summed E-state index contributed by atoms with van der Waals surface area (Å²) in [6.07, 6.45) is 1.05. The van der Waals surface area contributed by atoms with Gasteiger partial charge in [0, 0.05) is 19.0 Å². The summed E-state index contributed by atoms with van der Waals surface area (Å²) in [7, 11) is 4.85. The van der Waals surface area contributed by atoms with Gasteiger partial charge in [0.1, 0.15) is 29.3 Å². The minimum absolute atomic E-state index is 0.217. The van der Waals surface area contributed by atoms with E-state index in [9.17, 15) is 19.5 Å². The molecule has 2 heterocycles. The van der Waals surface area contributed by atoms with E-state index in [2.05, 4.69) is 5.32 Å². The van der Waals surface area contributed by atoms with Crippen LogP contribution in [-0.4, -0.2) is 65.2 Å². The first-order valence-electron chi connectivity index (χ1n) is 10.3. The zero-order chi connectivity index (χ0) is 22.9. The molecule has 2 atom stereocenters. The van der Waals surface area contributed by atoms with Gasteiger partial charge < -0.3 is 29.4 Å². The third-order valence-corrected chi connectivity index (χ3v) is 5.83. The van der Waals surface area contributed by atoms with Crippen LogP contribution in [0.3, 0.4) is 0 Å². The molecule has 3 rings (SSSR count). The SMILES string of the molecule is COc1ccc(OC)c2c1cc(C(=O)N[C@H](C(=O)N1CCC[C@H]1C(=O)O)C(C)C)n2C. The lowest BCUT2D eigenvalue weighted by Gasteiger charge is -2.29. The molecule has 2 amide bonds. The van der Waals surface area contributed by atoms with Gasteiger partial charge in [-0.05, 0) is 37.0 Å². The molecule has 1 aromatic carbocycles. The third kappa shape index (κ3) is 4.04. The van der Waals surface area contributed by atoms with Crippen LogP contribution in [0.2, 0.25) is 0 Å². The molecule has 1 aromatic heterocycles. The van der Waals surface area contributed by atoms with Gasteiger partial charge in [0.05, 0.1) is 19.7 Å². The van der Waals surface area contributed by atoms with Crippen molar-refractivity contribution in [3.63, 3.8) is 0 Å². The number of carbonyl (C=O) groups excluding carboxylic acids is 2. The van der Waals surface area contributed by atoms with Gasteiger partial charge in [-0.15, -0.1) is 0 Å². The molecular weight excluding hydrogens is 402 g/mol. The van der Waals surface area contributed by atoms with Gasteiger partial charge in [-0.3, -0.25) is 9.59 Å². The number of nitrogens with zero attached hydrogens (tertiary/aromatic N) is 2. The Balaban J connectivity index is 1.93. The number of nitrogens with one attached hydrogen (secondary N) is 1. The zero-order valence-corrected chi connectivity index (χ0v) is 18.5. The van der Waals surface area contributed by atoms with Crippen LogP contribution in [0.5, 0.6) is 11.5 Å². The van der Waals surface area contributed by atoms with Crippen LogP contribution < -0.4 is 14.8 Å². The van der Waals surface area contributed by atoms with Crippen molar-refractivity contribution in [2.45, 2.75) is 38.8 Å². The number of aliphatic carboxylic acids is 1. The van der Waals surface area contributed by atoms with Crippen LogP contribution >= 0.6 is 0 Å². The molecule has 2 N–H and O–H groups in total. The number of amides is 2. The summed E-state index contributed by atoms with van der Waals surface area (Å²) in [5.41, 5.74) is 1.04. The number of hydrogen-bond donors (Lipinski definition) is 2. The van der Waals surface area contributed by atoms with E-state index in [1.165, 1.54) is 4.90 Å². The fraction of sp³-hybridized carbons (Fsp3) is 0.500. The number of aryl methyl sites for hydroxylation is 1. The molecule has 0 saturated carbocycles. The third-order valence-electron chi connectivity index (χ3n) is 5.83. The van der Waals surface area contributed by atoms with Crippen molar-refractivity contribution in [1.29, 1.82) is 0 Å². The van der Waals surface area contributed by atoms with Crippen molar-refractivity contribution < 1.29 is 29.0 Å². The molecule has 0 unspecified atom stereocenters. The minimum atomic E-state index is -1.02. The maximum atomic E-state index is 13.2. The number of ether oxygens (including phenoxy) is 2. The molecular formula is C22H29N3O6. The number of carbonyl (C=O) groups is 3. The average molecular weight is 431 g/mol. The Morgan fingerprint density at radius 3 is 2.39 bits per heavy atom. The molecule has 1 aliphatic rings. The maximum absolute atomic E-state index is 13.2. The van der Waals surface area contributed by atoms with Gasteiger partial charge in [0.15, 0.2) is 0 Å². The molecule has 0 aliphatic carbocycles. The standard InChI is InChI=1S/C22H29N3O6/c1-12(2)18(21(27)25-10-6-7-14(25)22(28)29)23-20(26)15-11-13-16(30-4)8-9-17(31-5)19(13)24(15)3/h8-9,11-12,14,18H,6-7,10H2,1-5H3,(H,23,26)(H,28,29)/t14-,18-/m0/s1. The van der Waals surface area contributed by atoms with Crippen molar-refractivity contribution in [1.82, 2.24) is 14.8 Å². The van der Waals surface area contributed by atoms with Crippen molar-refractivity contribution >= 4 is 28.7 Å². The number of fused-ring (bicyclic) bond motifs is 1. The fourth-order valence-corrected chi connectivity index (χ4v) is 4.16. The van der Waals surface area contributed by atoms with E-state index in [-0.39, 0.29) is 11.8 Å². The monoisotopic (exact) mass is 431 g/mol. The van der Waals surface area contributed by atoms with E-state index in [4.69, 9.17) is 9.47 Å². The predicted molar refractivity (Wildman–Crippen MR) is 114 cm³/mol. The lowest BCUT2D eigenvalue weighted by atomic mass is 10.0. The molecule has 31 heavy (non-hydrogen) atoms. The van der Waals surface area contributed by atoms with E-state index in [1.807, 2.05) is 13.8 Å². The minimum Gasteiger partial charge on any atom is -0.496 e. The van der Waals surface area contributed by atoms with Crippen molar-refractivity contribution in [3.05, 3.63) is 23.9 Å². The number of methoxy groups -OCH3 is 2. The molecule has 9 heteroatoms. The summed E-state index contributed by atoms with van der Waals surface area (Å²) in [4.78, 5) is 39.2. The predicted octanol–water partition coefficient (Wildman–Crippen LogP) is 2.03. The molecule has 0 spiro atoms. The Labute approximate surface area is 180 Å². The van der Waals surface area contributed by atoms with Crippen LogP contribution in [0, 0.1) is 5.92 Å². The van der Waals surface area contributed by atoms with Gasteiger partial charge in [-0.25, -0.2) is 4.79 Å². The number of hydrogen-bond acceptors (Lipinski definition) is 5. The van der Waals surface area contributed by atoms with E-state index in [0.717, 1.165) is 0 Å². The number of carboxylic acids is 1. The molecule has 2 aromatic rings. The number of carboxylic acid groups (broad SMARTS) is 1. The molecule has 1 fully saturated rings. The molecule has 9 nitrogen and oxygen atoms in total. The molecule has 0 radical (unpaired) electrons. The van der Waals surface area contributed by atoms with E-state index in [0.29, 0.717) is 47.5 Å². The number of rotatable bonds is 7. The Bertz CT molecular complexity index is 1010. The highest BCUT2D eigenvalue weighted by molar-refractivity contribution is 6.03. The second-order valence-electron chi connectivity index (χ2n) is 8.04. The number of benzene rings is 1. The van der Waals surface area contributed by atoms with Crippen molar-refractivity contribution in [2.75, 3.05) is 20.8 Å². The summed E-state index contributed by atoms with van der Waals surface area (Å²) in [5.74, 6) is -0.848. The summed E-state index contributed by atoms with van der Waals surface area (Å²) in [5, 5.41) is 13.0. The van der Waals surface area contributed by atoms with Gasteiger partial charge in [0.25, 0.3) is 5.91 Å². The molecule has 0 bridgehead atoms. The van der Waals surface area contributed by atoms with Gasteiger partial charge >= 0.3 is 5.97 Å². The number of likely N-dealkylation sites (tertiary alicyclic amines) is 1. The van der Waals surface area contributed by atoms with Crippen molar-refractivity contribution in [2.24, 2.45) is 13.0 Å². The summed E-state index contributed by atoms with van der Waals surface area (Å²) in [6, 6.07) is 3.54. The quantitative estimate of drug-likeness (QED) is 0.694. The van der Waals surface area contributed by atoms with Crippen LogP contribution in [0.1, 0.15) is 37.2 Å². The Hall–Kier alpha value is -3.23. The largest absolute Gasteiger partial charge is 0.496 e. The normalized spacial score (nSPS) is 17.1. The smallest absolute Gasteiger partial charge is 0.326 e. The van der Waals surface area contributed by atoms with Crippen molar-refractivity contribution in [3.8, 4) is 11.5 Å². The summed E-state index contributed by atoms with van der Waals surface area (Å²) >= 11 is 0. The zero-order valence-electron chi connectivity index (χ0n) is 18.5. The molecule has 1 aliphatic heterocycles. The first-order chi connectivity index (χ1) is 14.7. The van der Waals surface area contributed by atoms with E-state index < -0.39 is 24.0 Å². The number of aromatic nitrogens is 1. The van der Waals surface area contributed by atoms with Crippen LogP contribution in [0.4, 0.5) is 0 Å². The topological polar surface area (TPSA) is 110 Å². The molecule has 168 valence electrons. The van der Waals surface area contributed by atoms with Gasteiger partial charge in [-0.2, -0.15) is 0 Å². The lowest BCUT2D eigenvalue weighted by Crippen LogP contribution is -2.53. The fourth-order valence-electron chi connectivity index (χ4n) is 4.16. The highest BCUT2D eigenvalue weighted by Gasteiger charge is 2.39. The summed E-state index contributed by atoms with van der Waals surface area (Å²) < 4.78 is 12.6. The lowest BCUT2D eigenvalue weighted by molar-refractivity contribution is -0.149. The Kier molecular flexibility index (Phi) is 6.42. The Morgan fingerprint density at radius 2 is 1.81 bits per heavy atom. The van der Waals surface area contributed by atoms with Gasteiger partial charge in [-0.1, -0.05) is 13.8 Å². The van der Waals surface area contributed by atoms with Crippen LogP contribution in [0.15, 0.2) is 18.2 Å². The maximum Gasteiger partial charge on any atom is 0.326 e. The highest BCUT2D eigenvalue weighted by Crippen LogP contribution is 2.35. The average Bonchev–Trinajstić information content (AvgIpc) is 3.36. The highest BCUT2D eigenvalue weighted by atomic mass is 16.5. The van der Waals surface area contributed by atoms with E-state index >= 15 is 0 Å². The van der Waals surface area contributed by atoms with E-state index in [1.54, 1.807) is 44.0 Å². The summed E-state index contributed by atoms with van der Waals surface area (Å²) in [6.45, 7) is 4.02. The Morgan fingerprint density at radius 1 is 1.16 bits per heavy atom. The molecule has 1 saturated heterocycles.